The summed E-state index contributed by atoms with van der Waals surface area (Å²) in [4.78, 5) is 17.6. The normalized spacial score (nSPS) is 12.3. The number of aryl methyl sites for hydroxylation is 2. The zero-order valence-corrected chi connectivity index (χ0v) is 19.1. The Balaban J connectivity index is 1.60. The van der Waals surface area contributed by atoms with Crippen LogP contribution in [0.5, 0.6) is 0 Å². The van der Waals surface area contributed by atoms with E-state index in [-0.39, 0.29) is 4.90 Å². The van der Waals surface area contributed by atoms with Crippen molar-refractivity contribution in [1.82, 2.24) is 4.57 Å². The van der Waals surface area contributed by atoms with Gasteiger partial charge in [-0.2, -0.15) is 4.99 Å². The standard InChI is InChI=1S/C22H18ClN3O3S2/c1-14-18(23)12-13-19-20(14)26(2)22(30-19)24-21(27)15-8-10-16(11-9-15)25-31(28,29)17-6-4-3-5-7-17/h3-13,25H,1-2H3. The molecule has 1 amide bonds. The Labute approximate surface area is 188 Å². The highest BCUT2D eigenvalue weighted by atomic mass is 35.5. The van der Waals surface area contributed by atoms with Crippen LogP contribution in [0.2, 0.25) is 5.02 Å². The zero-order valence-electron chi connectivity index (χ0n) is 16.7. The van der Waals surface area contributed by atoms with E-state index >= 15 is 0 Å². The minimum Gasteiger partial charge on any atom is -0.319 e. The molecule has 0 radical (unpaired) electrons. The molecule has 31 heavy (non-hydrogen) atoms. The van der Waals surface area contributed by atoms with Crippen molar-refractivity contribution < 1.29 is 13.2 Å². The third-order valence-electron chi connectivity index (χ3n) is 4.79. The van der Waals surface area contributed by atoms with Gasteiger partial charge in [0.1, 0.15) is 0 Å². The van der Waals surface area contributed by atoms with Crippen molar-refractivity contribution in [2.75, 3.05) is 4.72 Å². The molecule has 158 valence electrons. The van der Waals surface area contributed by atoms with Crippen LogP contribution in [0.1, 0.15) is 15.9 Å². The van der Waals surface area contributed by atoms with Gasteiger partial charge in [-0.1, -0.05) is 41.1 Å². The van der Waals surface area contributed by atoms with Gasteiger partial charge >= 0.3 is 0 Å². The van der Waals surface area contributed by atoms with E-state index in [1.165, 1.54) is 35.6 Å². The molecule has 6 nitrogen and oxygen atoms in total. The molecule has 0 aliphatic heterocycles. The molecule has 1 heterocycles. The fraction of sp³-hybridized carbons (Fsp3) is 0.0909. The summed E-state index contributed by atoms with van der Waals surface area (Å²) in [6.07, 6.45) is 0. The van der Waals surface area contributed by atoms with Crippen LogP contribution in [0.25, 0.3) is 10.2 Å². The third kappa shape index (κ3) is 4.27. The summed E-state index contributed by atoms with van der Waals surface area (Å²) in [5, 5.41) is 0.660. The molecule has 4 rings (SSSR count). The number of nitrogens with zero attached hydrogens (tertiary/aromatic N) is 2. The summed E-state index contributed by atoms with van der Waals surface area (Å²) in [7, 11) is -1.85. The number of carbonyl (C=O) groups excluding carboxylic acids is 1. The van der Waals surface area contributed by atoms with Gasteiger partial charge in [-0.25, -0.2) is 8.42 Å². The van der Waals surface area contributed by atoms with Crippen LogP contribution in [0.3, 0.4) is 0 Å². The summed E-state index contributed by atoms with van der Waals surface area (Å²) >= 11 is 7.62. The van der Waals surface area contributed by atoms with Gasteiger partial charge in [-0.15, -0.1) is 0 Å². The van der Waals surface area contributed by atoms with E-state index in [9.17, 15) is 13.2 Å². The molecule has 9 heteroatoms. The average Bonchev–Trinajstić information content (AvgIpc) is 3.07. The molecule has 0 unspecified atom stereocenters. The van der Waals surface area contributed by atoms with Crippen LogP contribution < -0.4 is 9.52 Å². The highest BCUT2D eigenvalue weighted by Gasteiger charge is 2.14. The van der Waals surface area contributed by atoms with Gasteiger partial charge < -0.3 is 4.57 Å². The number of rotatable bonds is 4. The molecule has 0 spiro atoms. The molecular weight excluding hydrogens is 454 g/mol. The Morgan fingerprint density at radius 1 is 1.03 bits per heavy atom. The van der Waals surface area contributed by atoms with E-state index in [0.29, 0.717) is 21.1 Å². The summed E-state index contributed by atoms with van der Waals surface area (Å²) in [5.74, 6) is -0.414. The predicted octanol–water partition coefficient (Wildman–Crippen LogP) is 4.74. The molecular formula is C22H18ClN3O3S2. The van der Waals surface area contributed by atoms with Crippen LogP contribution in [0.4, 0.5) is 5.69 Å². The lowest BCUT2D eigenvalue weighted by molar-refractivity contribution is 0.0998. The van der Waals surface area contributed by atoms with Gasteiger partial charge in [0, 0.05) is 23.3 Å². The number of amides is 1. The highest BCUT2D eigenvalue weighted by molar-refractivity contribution is 7.92. The van der Waals surface area contributed by atoms with E-state index in [1.807, 2.05) is 30.7 Å². The number of sulfonamides is 1. The van der Waals surface area contributed by atoms with Crippen molar-refractivity contribution in [3.8, 4) is 0 Å². The molecule has 4 aromatic rings. The summed E-state index contributed by atoms with van der Waals surface area (Å²) in [6, 6.07) is 18.0. The molecule has 0 fully saturated rings. The molecule has 1 aromatic heterocycles. The lowest BCUT2D eigenvalue weighted by Crippen LogP contribution is -2.14. The minimum absolute atomic E-state index is 0.165. The van der Waals surface area contributed by atoms with Crippen LogP contribution in [0, 0.1) is 6.92 Å². The van der Waals surface area contributed by atoms with Gasteiger partial charge in [0.15, 0.2) is 4.80 Å². The van der Waals surface area contributed by atoms with Crippen LogP contribution in [-0.2, 0) is 17.1 Å². The second kappa shape index (κ2) is 8.30. The topological polar surface area (TPSA) is 80.5 Å². The minimum atomic E-state index is -3.69. The molecule has 0 saturated carbocycles. The number of hydrogen-bond acceptors (Lipinski definition) is 4. The first-order chi connectivity index (χ1) is 14.8. The first kappa shape index (κ1) is 21.3. The van der Waals surface area contributed by atoms with Gasteiger partial charge in [0.2, 0.25) is 0 Å². The van der Waals surface area contributed by atoms with Gasteiger partial charge in [0.05, 0.1) is 15.1 Å². The predicted molar refractivity (Wildman–Crippen MR) is 124 cm³/mol. The van der Waals surface area contributed by atoms with Crippen molar-refractivity contribution in [1.29, 1.82) is 0 Å². The van der Waals surface area contributed by atoms with E-state index < -0.39 is 15.9 Å². The van der Waals surface area contributed by atoms with Crippen LogP contribution in [-0.4, -0.2) is 18.9 Å². The number of fused-ring (bicyclic) bond motifs is 1. The average molecular weight is 472 g/mol. The van der Waals surface area contributed by atoms with Crippen molar-refractivity contribution in [3.05, 3.63) is 87.7 Å². The van der Waals surface area contributed by atoms with E-state index in [1.54, 1.807) is 30.3 Å². The molecule has 0 saturated heterocycles. The Hall–Kier alpha value is -2.94. The maximum Gasteiger partial charge on any atom is 0.279 e. The highest BCUT2D eigenvalue weighted by Crippen LogP contribution is 2.26. The van der Waals surface area contributed by atoms with Crippen LogP contribution in [0.15, 0.2) is 76.6 Å². The fourth-order valence-electron chi connectivity index (χ4n) is 3.16. The quantitative estimate of drug-likeness (QED) is 0.466. The number of anilines is 1. The number of benzene rings is 3. The smallest absolute Gasteiger partial charge is 0.279 e. The molecule has 1 N–H and O–H groups in total. The van der Waals surface area contributed by atoms with Gasteiger partial charge in [-0.05, 0) is 61.0 Å². The molecule has 0 aliphatic carbocycles. The Kier molecular flexibility index (Phi) is 5.70. The lowest BCUT2D eigenvalue weighted by atomic mass is 10.2. The Morgan fingerprint density at radius 2 is 1.71 bits per heavy atom. The van der Waals surface area contributed by atoms with E-state index in [0.717, 1.165) is 15.8 Å². The largest absolute Gasteiger partial charge is 0.319 e. The SMILES string of the molecule is Cc1c(Cl)ccc2sc(=NC(=O)c3ccc(NS(=O)(=O)c4ccccc4)cc3)n(C)c12. The van der Waals surface area contributed by atoms with Crippen molar-refractivity contribution >= 4 is 54.8 Å². The van der Waals surface area contributed by atoms with Crippen molar-refractivity contribution in [2.45, 2.75) is 11.8 Å². The second-order valence-corrected chi connectivity index (χ2v) is 9.97. The number of halogens is 1. The van der Waals surface area contributed by atoms with E-state index in [2.05, 4.69) is 9.71 Å². The van der Waals surface area contributed by atoms with E-state index in [4.69, 9.17) is 11.6 Å². The van der Waals surface area contributed by atoms with Crippen molar-refractivity contribution in [2.24, 2.45) is 12.0 Å². The van der Waals surface area contributed by atoms with Crippen LogP contribution >= 0.6 is 22.9 Å². The molecule has 0 bridgehead atoms. The monoisotopic (exact) mass is 471 g/mol. The third-order valence-corrected chi connectivity index (χ3v) is 7.69. The molecule has 0 atom stereocenters. The number of thiazole rings is 1. The first-order valence-corrected chi connectivity index (χ1v) is 12.0. The maximum absolute atomic E-state index is 12.7. The second-order valence-electron chi connectivity index (χ2n) is 6.88. The summed E-state index contributed by atoms with van der Waals surface area (Å²) in [6.45, 7) is 1.93. The van der Waals surface area contributed by atoms with Gasteiger partial charge in [0.25, 0.3) is 15.9 Å². The molecule has 3 aromatic carbocycles. The number of hydrogen-bond donors (Lipinski definition) is 1. The van der Waals surface area contributed by atoms with Crippen molar-refractivity contribution in [3.63, 3.8) is 0 Å². The fourth-order valence-corrected chi connectivity index (χ4v) is 5.46. The number of aromatic nitrogens is 1. The molecule has 0 aliphatic rings. The Morgan fingerprint density at radius 3 is 2.39 bits per heavy atom. The number of nitrogens with one attached hydrogen (secondary N) is 1. The summed E-state index contributed by atoms with van der Waals surface area (Å²) < 4.78 is 30.2. The maximum atomic E-state index is 12.7. The first-order valence-electron chi connectivity index (χ1n) is 9.28. The Bertz CT molecular complexity index is 1460. The van der Waals surface area contributed by atoms with Gasteiger partial charge in [-0.3, -0.25) is 9.52 Å². The number of carbonyl (C=O) groups is 1. The lowest BCUT2D eigenvalue weighted by Gasteiger charge is -2.08. The zero-order chi connectivity index (χ0) is 22.2. The summed E-state index contributed by atoms with van der Waals surface area (Å²) in [5.41, 5.74) is 2.59.